The number of nitrogens with zero attached hydrogens (tertiary/aromatic N) is 1. The number of carbonyl (C=O) groups excluding carboxylic acids is 1. The van der Waals surface area contributed by atoms with E-state index in [1.807, 2.05) is 55.5 Å². The molecule has 22 heavy (non-hydrogen) atoms. The monoisotopic (exact) mass is 309 g/mol. The summed E-state index contributed by atoms with van der Waals surface area (Å²) in [5, 5.41) is 1.07. The second kappa shape index (κ2) is 6.01. The van der Waals surface area contributed by atoms with Gasteiger partial charge in [-0.1, -0.05) is 55.5 Å². The Morgan fingerprint density at radius 2 is 1.73 bits per heavy atom. The van der Waals surface area contributed by atoms with Gasteiger partial charge in [-0.25, -0.2) is 0 Å². The fourth-order valence-electron chi connectivity index (χ4n) is 2.98. The van der Waals surface area contributed by atoms with Crippen LogP contribution in [0.25, 0.3) is 10.9 Å². The van der Waals surface area contributed by atoms with Gasteiger partial charge in [0, 0.05) is 22.2 Å². The van der Waals surface area contributed by atoms with Crippen molar-refractivity contribution in [1.29, 1.82) is 0 Å². The molecule has 112 valence electrons. The van der Waals surface area contributed by atoms with Crippen LogP contribution < -0.4 is 0 Å². The van der Waals surface area contributed by atoms with Crippen molar-refractivity contribution >= 4 is 29.3 Å². The summed E-state index contributed by atoms with van der Waals surface area (Å²) in [6.45, 7) is 4.11. The van der Waals surface area contributed by atoms with Crippen LogP contribution >= 0.6 is 12.6 Å². The molecule has 0 radical (unpaired) electrons. The summed E-state index contributed by atoms with van der Waals surface area (Å²) in [5.41, 5.74) is 3.56. The quantitative estimate of drug-likeness (QED) is 0.530. The lowest BCUT2D eigenvalue weighted by atomic mass is 10.0. The molecule has 0 saturated heterocycles. The van der Waals surface area contributed by atoms with Crippen molar-refractivity contribution in [2.24, 2.45) is 0 Å². The van der Waals surface area contributed by atoms with Gasteiger partial charge in [-0.2, -0.15) is 12.6 Å². The summed E-state index contributed by atoms with van der Waals surface area (Å²) in [7, 11) is 0. The van der Waals surface area contributed by atoms with E-state index in [1.165, 1.54) is 0 Å². The van der Waals surface area contributed by atoms with Crippen LogP contribution in [0.5, 0.6) is 0 Å². The number of hydrogen-bond acceptors (Lipinski definition) is 2. The molecule has 3 heteroatoms. The molecule has 0 amide bonds. The van der Waals surface area contributed by atoms with Gasteiger partial charge in [-0.3, -0.25) is 4.79 Å². The van der Waals surface area contributed by atoms with Crippen LogP contribution in [0.15, 0.2) is 54.6 Å². The van der Waals surface area contributed by atoms with Crippen LogP contribution in [0.4, 0.5) is 0 Å². The summed E-state index contributed by atoms with van der Waals surface area (Å²) in [4.78, 5) is 13.0. The maximum atomic E-state index is 13.0. The first-order chi connectivity index (χ1) is 10.6. The highest BCUT2D eigenvalue weighted by Gasteiger charge is 2.22. The van der Waals surface area contributed by atoms with E-state index in [0.717, 1.165) is 34.1 Å². The fourth-order valence-corrected chi connectivity index (χ4v) is 3.28. The Kier molecular flexibility index (Phi) is 4.08. The maximum Gasteiger partial charge on any atom is 0.195 e. The van der Waals surface area contributed by atoms with Crippen molar-refractivity contribution < 1.29 is 4.79 Å². The van der Waals surface area contributed by atoms with Crippen LogP contribution in [-0.4, -0.2) is 10.4 Å². The Hall–Kier alpha value is -2.00. The first kappa shape index (κ1) is 14.9. The van der Waals surface area contributed by atoms with E-state index >= 15 is 0 Å². The number of para-hydroxylation sites is 1. The molecule has 2 aromatic carbocycles. The van der Waals surface area contributed by atoms with E-state index in [0.29, 0.717) is 0 Å². The van der Waals surface area contributed by atoms with Crippen molar-refractivity contribution in [2.45, 2.75) is 25.6 Å². The average molecular weight is 309 g/mol. The second-order valence-corrected chi connectivity index (χ2v) is 6.03. The number of ketones is 1. The lowest BCUT2D eigenvalue weighted by molar-refractivity contribution is 0.103. The predicted molar refractivity (Wildman–Crippen MR) is 94.9 cm³/mol. The molecular weight excluding hydrogens is 290 g/mol. The minimum absolute atomic E-state index is 0.0715. The molecule has 2 nitrogen and oxygen atoms in total. The van der Waals surface area contributed by atoms with Crippen LogP contribution in [0.2, 0.25) is 0 Å². The first-order valence-electron chi connectivity index (χ1n) is 7.52. The van der Waals surface area contributed by atoms with Crippen LogP contribution in [-0.2, 0) is 0 Å². The number of rotatable bonds is 4. The number of aromatic nitrogens is 1. The van der Waals surface area contributed by atoms with E-state index < -0.39 is 0 Å². The fraction of sp³-hybridized carbons (Fsp3) is 0.211. The van der Waals surface area contributed by atoms with E-state index in [2.05, 4.69) is 30.2 Å². The van der Waals surface area contributed by atoms with Crippen molar-refractivity contribution in [3.05, 3.63) is 71.4 Å². The molecule has 0 spiro atoms. The summed E-state index contributed by atoms with van der Waals surface area (Å²) in [6, 6.07) is 17.5. The van der Waals surface area contributed by atoms with Gasteiger partial charge < -0.3 is 4.57 Å². The maximum absolute atomic E-state index is 13.0. The topological polar surface area (TPSA) is 22.0 Å². The van der Waals surface area contributed by atoms with Gasteiger partial charge in [0.15, 0.2) is 5.78 Å². The van der Waals surface area contributed by atoms with E-state index in [1.54, 1.807) is 0 Å². The number of benzene rings is 2. The molecular formula is C19H19NOS. The lowest BCUT2D eigenvalue weighted by Crippen LogP contribution is -2.07. The zero-order chi connectivity index (χ0) is 15.7. The van der Waals surface area contributed by atoms with Gasteiger partial charge in [0.05, 0.1) is 10.9 Å². The number of hydrogen-bond donors (Lipinski definition) is 1. The van der Waals surface area contributed by atoms with E-state index in [4.69, 9.17) is 0 Å². The minimum Gasteiger partial charge on any atom is -0.332 e. The van der Waals surface area contributed by atoms with Gasteiger partial charge in [0.25, 0.3) is 0 Å². The summed E-state index contributed by atoms with van der Waals surface area (Å²) < 4.78 is 2.16. The third-order valence-corrected chi connectivity index (χ3v) is 4.68. The predicted octanol–water partition coefficient (Wildman–Crippen LogP) is 5.02. The molecule has 1 unspecified atom stereocenters. The van der Waals surface area contributed by atoms with Crippen LogP contribution in [0.1, 0.15) is 40.3 Å². The van der Waals surface area contributed by atoms with Crippen molar-refractivity contribution in [2.75, 3.05) is 0 Å². The highest BCUT2D eigenvalue weighted by Crippen LogP contribution is 2.33. The van der Waals surface area contributed by atoms with E-state index in [9.17, 15) is 4.79 Å². The molecule has 0 aliphatic carbocycles. The molecule has 1 heterocycles. The third kappa shape index (κ3) is 2.35. The Morgan fingerprint density at radius 1 is 1.09 bits per heavy atom. The molecule has 0 fully saturated rings. The largest absolute Gasteiger partial charge is 0.332 e. The number of carbonyl (C=O) groups is 1. The SMILES string of the molecule is CCC(S)n1c(C)c(C(=O)c2ccccc2)c2ccccc21. The molecule has 0 bridgehead atoms. The van der Waals surface area contributed by atoms with Gasteiger partial charge >= 0.3 is 0 Å². The molecule has 0 N–H and O–H groups in total. The Labute approximate surface area is 136 Å². The zero-order valence-electron chi connectivity index (χ0n) is 12.8. The smallest absolute Gasteiger partial charge is 0.195 e. The third-order valence-electron chi connectivity index (χ3n) is 4.08. The molecule has 0 aliphatic rings. The normalized spacial score (nSPS) is 12.5. The van der Waals surface area contributed by atoms with Crippen molar-refractivity contribution in [3.8, 4) is 0 Å². The zero-order valence-corrected chi connectivity index (χ0v) is 13.7. The van der Waals surface area contributed by atoms with Crippen molar-refractivity contribution in [1.82, 2.24) is 4.57 Å². The van der Waals surface area contributed by atoms with Gasteiger partial charge in [-0.15, -0.1) is 0 Å². The lowest BCUT2D eigenvalue weighted by Gasteiger charge is -2.14. The molecule has 3 aromatic rings. The standard InChI is InChI=1S/C19H19NOS/c1-3-17(22)20-13(2)18(15-11-7-8-12-16(15)20)19(21)14-9-5-4-6-10-14/h4-12,17,22H,3H2,1-2H3. The van der Waals surface area contributed by atoms with E-state index in [-0.39, 0.29) is 11.2 Å². The van der Waals surface area contributed by atoms with Crippen LogP contribution in [0.3, 0.4) is 0 Å². The minimum atomic E-state index is 0.0715. The Morgan fingerprint density at radius 3 is 2.41 bits per heavy atom. The molecule has 3 rings (SSSR count). The Bertz CT molecular complexity index is 820. The first-order valence-corrected chi connectivity index (χ1v) is 8.04. The molecule has 0 aliphatic heterocycles. The number of thiol groups is 1. The van der Waals surface area contributed by atoms with Gasteiger partial charge in [0.2, 0.25) is 0 Å². The Balaban J connectivity index is 2.26. The number of fused-ring (bicyclic) bond motifs is 1. The van der Waals surface area contributed by atoms with Crippen LogP contribution in [0, 0.1) is 6.92 Å². The summed E-state index contributed by atoms with van der Waals surface area (Å²) in [5.74, 6) is 0.0738. The molecule has 1 atom stereocenters. The second-order valence-electron chi connectivity index (χ2n) is 5.43. The van der Waals surface area contributed by atoms with Gasteiger partial charge in [-0.05, 0) is 19.4 Å². The summed E-state index contributed by atoms with van der Waals surface area (Å²) in [6.07, 6.45) is 0.904. The summed E-state index contributed by atoms with van der Waals surface area (Å²) >= 11 is 4.69. The molecule has 1 aromatic heterocycles. The molecule has 0 saturated carbocycles. The highest BCUT2D eigenvalue weighted by molar-refractivity contribution is 7.80. The average Bonchev–Trinajstić information content (AvgIpc) is 2.86. The van der Waals surface area contributed by atoms with Crippen molar-refractivity contribution in [3.63, 3.8) is 0 Å². The highest BCUT2D eigenvalue weighted by atomic mass is 32.1. The van der Waals surface area contributed by atoms with Gasteiger partial charge in [0.1, 0.15) is 0 Å².